The lowest BCUT2D eigenvalue weighted by Crippen LogP contribution is -2.37. The van der Waals surface area contributed by atoms with E-state index >= 15 is 0 Å². The van der Waals surface area contributed by atoms with Crippen molar-refractivity contribution in [3.8, 4) is 5.75 Å². The zero-order valence-electron chi connectivity index (χ0n) is 18.7. The van der Waals surface area contributed by atoms with Crippen LogP contribution in [0.25, 0.3) is 0 Å². The molecule has 2 aromatic carbocycles. The zero-order valence-corrected chi connectivity index (χ0v) is 18.7. The van der Waals surface area contributed by atoms with Crippen LogP contribution in [-0.2, 0) is 25.5 Å². The summed E-state index contributed by atoms with van der Waals surface area (Å²) < 4.78 is 15.7. The fraction of sp³-hybridized carbons (Fsp3) is 0.440. The standard InChI is InChI=1S/C25H32N2O5/c1-30-25(29)14-18-31-17-13-20-9-11-21(12-10-20)26-15-5-4-8-24(28)27-16-19-32-23-7-3-2-6-22(23)27/h2-3,6-7,9-12,26H,4-5,8,13-19H2,1H3. The Morgan fingerprint density at radius 1 is 1.03 bits per heavy atom. The molecule has 0 aromatic heterocycles. The number of anilines is 2. The van der Waals surface area contributed by atoms with Crippen LogP contribution in [0.15, 0.2) is 48.5 Å². The van der Waals surface area contributed by atoms with Crippen LogP contribution >= 0.6 is 0 Å². The second-order valence-corrected chi connectivity index (χ2v) is 7.63. The van der Waals surface area contributed by atoms with Crippen molar-refractivity contribution in [2.45, 2.75) is 32.1 Å². The third-order valence-corrected chi connectivity index (χ3v) is 5.34. The largest absolute Gasteiger partial charge is 0.490 e. The van der Waals surface area contributed by atoms with Crippen molar-refractivity contribution in [2.75, 3.05) is 50.2 Å². The molecule has 3 rings (SSSR count). The van der Waals surface area contributed by atoms with Gasteiger partial charge < -0.3 is 24.4 Å². The number of amides is 1. The molecule has 0 saturated heterocycles. The van der Waals surface area contributed by atoms with Gasteiger partial charge >= 0.3 is 5.97 Å². The number of fused-ring (bicyclic) bond motifs is 1. The fourth-order valence-corrected chi connectivity index (χ4v) is 3.54. The lowest BCUT2D eigenvalue weighted by atomic mass is 10.1. The van der Waals surface area contributed by atoms with E-state index in [1.165, 1.54) is 12.7 Å². The number of rotatable bonds is 12. The number of hydrogen-bond acceptors (Lipinski definition) is 6. The van der Waals surface area contributed by atoms with Crippen molar-refractivity contribution >= 4 is 23.3 Å². The molecule has 7 heteroatoms. The molecule has 1 aliphatic heterocycles. The van der Waals surface area contributed by atoms with Crippen LogP contribution < -0.4 is 15.0 Å². The Morgan fingerprint density at radius 2 is 1.84 bits per heavy atom. The number of para-hydroxylation sites is 2. The van der Waals surface area contributed by atoms with Crippen LogP contribution in [0, 0.1) is 0 Å². The molecule has 2 aromatic rings. The number of benzene rings is 2. The predicted octanol–water partition coefficient (Wildman–Crippen LogP) is 3.82. The molecule has 172 valence electrons. The molecule has 1 N–H and O–H groups in total. The maximum Gasteiger partial charge on any atom is 0.307 e. The molecule has 1 heterocycles. The van der Waals surface area contributed by atoms with Crippen LogP contribution in [0.1, 0.15) is 31.2 Å². The monoisotopic (exact) mass is 440 g/mol. The highest BCUT2D eigenvalue weighted by Gasteiger charge is 2.22. The lowest BCUT2D eigenvalue weighted by molar-refractivity contribution is -0.141. The Balaban J connectivity index is 1.29. The van der Waals surface area contributed by atoms with Gasteiger partial charge in [-0.2, -0.15) is 0 Å². The number of carbonyl (C=O) groups excluding carboxylic acids is 2. The number of esters is 1. The van der Waals surface area contributed by atoms with E-state index in [1.54, 1.807) is 0 Å². The molecule has 0 aliphatic carbocycles. The van der Waals surface area contributed by atoms with E-state index in [1.807, 2.05) is 29.2 Å². The maximum atomic E-state index is 12.6. The predicted molar refractivity (Wildman–Crippen MR) is 124 cm³/mol. The molecular formula is C25H32N2O5. The number of unbranched alkanes of at least 4 members (excludes halogenated alkanes) is 1. The van der Waals surface area contributed by atoms with Crippen LogP contribution in [-0.4, -0.2) is 51.9 Å². The molecule has 0 fully saturated rings. The highest BCUT2D eigenvalue weighted by molar-refractivity contribution is 5.95. The first-order valence-corrected chi connectivity index (χ1v) is 11.2. The van der Waals surface area contributed by atoms with E-state index in [0.717, 1.165) is 42.9 Å². The van der Waals surface area contributed by atoms with Gasteiger partial charge in [0.05, 0.1) is 39.0 Å². The van der Waals surface area contributed by atoms with Gasteiger partial charge in [-0.1, -0.05) is 24.3 Å². The summed E-state index contributed by atoms with van der Waals surface area (Å²) in [5, 5.41) is 3.41. The van der Waals surface area contributed by atoms with Gasteiger partial charge in [-0.3, -0.25) is 9.59 Å². The second kappa shape index (κ2) is 12.7. The average Bonchev–Trinajstić information content (AvgIpc) is 2.83. The minimum atomic E-state index is -0.253. The normalized spacial score (nSPS) is 12.6. The van der Waals surface area contributed by atoms with E-state index in [2.05, 4.69) is 34.3 Å². The Morgan fingerprint density at radius 3 is 2.66 bits per heavy atom. The molecule has 0 atom stereocenters. The summed E-state index contributed by atoms with van der Waals surface area (Å²) in [6, 6.07) is 16.0. The van der Waals surface area contributed by atoms with Gasteiger partial charge in [0, 0.05) is 18.7 Å². The summed E-state index contributed by atoms with van der Waals surface area (Å²) in [6.07, 6.45) is 3.38. The molecule has 0 bridgehead atoms. The van der Waals surface area contributed by atoms with Crippen molar-refractivity contribution in [3.63, 3.8) is 0 Å². The molecular weight excluding hydrogens is 408 g/mol. The van der Waals surface area contributed by atoms with Gasteiger partial charge in [0.1, 0.15) is 12.4 Å². The Bertz CT molecular complexity index is 869. The number of hydrogen-bond donors (Lipinski definition) is 1. The first-order valence-electron chi connectivity index (χ1n) is 11.2. The Kier molecular flexibility index (Phi) is 9.37. The Labute approximate surface area is 189 Å². The third-order valence-electron chi connectivity index (χ3n) is 5.34. The molecule has 0 spiro atoms. The van der Waals surface area contributed by atoms with Gasteiger partial charge in [-0.25, -0.2) is 0 Å². The minimum absolute atomic E-state index is 0.152. The number of nitrogens with zero attached hydrogens (tertiary/aromatic N) is 1. The molecule has 1 amide bonds. The molecule has 0 unspecified atom stereocenters. The van der Waals surface area contributed by atoms with E-state index in [-0.39, 0.29) is 18.3 Å². The van der Waals surface area contributed by atoms with E-state index in [9.17, 15) is 9.59 Å². The van der Waals surface area contributed by atoms with Crippen molar-refractivity contribution in [1.29, 1.82) is 0 Å². The summed E-state index contributed by atoms with van der Waals surface area (Å²) in [4.78, 5) is 25.5. The van der Waals surface area contributed by atoms with Gasteiger partial charge in [-0.05, 0) is 49.1 Å². The minimum Gasteiger partial charge on any atom is -0.490 e. The van der Waals surface area contributed by atoms with Crippen LogP contribution in [0.3, 0.4) is 0 Å². The summed E-state index contributed by atoms with van der Waals surface area (Å²) in [7, 11) is 1.38. The van der Waals surface area contributed by atoms with E-state index in [4.69, 9.17) is 9.47 Å². The highest BCUT2D eigenvalue weighted by Crippen LogP contribution is 2.31. The van der Waals surface area contributed by atoms with Gasteiger partial charge in [0.25, 0.3) is 0 Å². The number of ether oxygens (including phenoxy) is 3. The maximum absolute atomic E-state index is 12.6. The van der Waals surface area contributed by atoms with Crippen LogP contribution in [0.5, 0.6) is 5.75 Å². The lowest BCUT2D eigenvalue weighted by Gasteiger charge is -2.29. The van der Waals surface area contributed by atoms with Crippen molar-refractivity contribution in [3.05, 3.63) is 54.1 Å². The molecule has 1 aliphatic rings. The van der Waals surface area contributed by atoms with Gasteiger partial charge in [-0.15, -0.1) is 0 Å². The van der Waals surface area contributed by atoms with E-state index in [0.29, 0.717) is 32.8 Å². The second-order valence-electron chi connectivity index (χ2n) is 7.63. The first kappa shape index (κ1) is 23.6. The molecule has 0 radical (unpaired) electrons. The quantitative estimate of drug-likeness (QED) is 0.399. The topological polar surface area (TPSA) is 77.1 Å². The molecule has 32 heavy (non-hydrogen) atoms. The smallest absolute Gasteiger partial charge is 0.307 e. The summed E-state index contributed by atoms with van der Waals surface area (Å²) in [5.41, 5.74) is 3.12. The summed E-state index contributed by atoms with van der Waals surface area (Å²) >= 11 is 0. The number of methoxy groups -OCH3 is 1. The first-order chi connectivity index (χ1) is 15.7. The van der Waals surface area contributed by atoms with Gasteiger partial charge in [0.15, 0.2) is 0 Å². The number of carbonyl (C=O) groups is 2. The summed E-state index contributed by atoms with van der Waals surface area (Å²) in [6.45, 7) is 2.93. The molecule has 0 saturated carbocycles. The average molecular weight is 441 g/mol. The summed E-state index contributed by atoms with van der Waals surface area (Å²) in [5.74, 6) is 0.681. The SMILES string of the molecule is COC(=O)CCOCCc1ccc(NCCCCC(=O)N2CCOc3ccccc32)cc1. The Hall–Kier alpha value is -3.06. The van der Waals surface area contributed by atoms with Crippen LogP contribution in [0.4, 0.5) is 11.4 Å². The van der Waals surface area contributed by atoms with Crippen molar-refractivity contribution in [2.24, 2.45) is 0 Å². The fourth-order valence-electron chi connectivity index (χ4n) is 3.54. The highest BCUT2D eigenvalue weighted by atomic mass is 16.5. The van der Waals surface area contributed by atoms with Crippen LogP contribution in [0.2, 0.25) is 0 Å². The molecule has 7 nitrogen and oxygen atoms in total. The van der Waals surface area contributed by atoms with Crippen molar-refractivity contribution < 1.29 is 23.8 Å². The zero-order chi connectivity index (χ0) is 22.6. The van der Waals surface area contributed by atoms with Gasteiger partial charge in [0.2, 0.25) is 5.91 Å². The third kappa shape index (κ3) is 7.27. The van der Waals surface area contributed by atoms with Crippen molar-refractivity contribution in [1.82, 2.24) is 0 Å². The number of nitrogens with one attached hydrogen (secondary N) is 1. The van der Waals surface area contributed by atoms with E-state index < -0.39 is 0 Å².